The van der Waals surface area contributed by atoms with Crippen LogP contribution in [0.1, 0.15) is 33.6 Å². The smallest absolute Gasteiger partial charge is 0.239 e. The zero-order chi connectivity index (χ0) is 15.8. The van der Waals surface area contributed by atoms with Gasteiger partial charge in [0, 0.05) is 25.2 Å². The second-order valence-corrected chi connectivity index (χ2v) is 6.12. The Hall–Kier alpha value is -1.14. The van der Waals surface area contributed by atoms with E-state index in [4.69, 9.17) is 0 Å². The number of hydrogen-bond donors (Lipinski definition) is 2. The second kappa shape index (κ2) is 9.00. The summed E-state index contributed by atoms with van der Waals surface area (Å²) in [4.78, 5) is 27.7. The van der Waals surface area contributed by atoms with Crippen molar-refractivity contribution >= 4 is 11.8 Å². The highest BCUT2D eigenvalue weighted by Crippen LogP contribution is 2.06. The van der Waals surface area contributed by atoms with Crippen LogP contribution in [0.3, 0.4) is 0 Å². The number of rotatable bonds is 8. The van der Waals surface area contributed by atoms with Gasteiger partial charge in [0.15, 0.2) is 0 Å². The molecule has 6 heteroatoms. The first kappa shape index (κ1) is 17.9. The molecule has 0 aliphatic carbocycles. The molecule has 1 aliphatic heterocycles. The predicted molar refractivity (Wildman–Crippen MR) is 84.1 cm³/mol. The molecule has 2 N–H and O–H groups in total. The third-order valence-corrected chi connectivity index (χ3v) is 3.62. The Morgan fingerprint density at radius 1 is 1.33 bits per heavy atom. The summed E-state index contributed by atoms with van der Waals surface area (Å²) in [5.74, 6) is -0.0859. The monoisotopic (exact) mass is 298 g/mol. The number of amides is 2. The standard InChI is InChI=1S/C15H30N4O2/c1-5-19(10-14(20)17-12(2)3)15(21)11-18(4)9-13-7-6-8-16-13/h12-13,16H,5-11H2,1-4H3,(H,17,20). The molecular formula is C15H30N4O2. The Morgan fingerprint density at radius 3 is 2.57 bits per heavy atom. The molecule has 1 fully saturated rings. The van der Waals surface area contributed by atoms with Crippen LogP contribution in [0.15, 0.2) is 0 Å². The van der Waals surface area contributed by atoms with Gasteiger partial charge in [0.05, 0.1) is 13.1 Å². The molecule has 0 radical (unpaired) electrons. The van der Waals surface area contributed by atoms with E-state index in [1.54, 1.807) is 4.90 Å². The lowest BCUT2D eigenvalue weighted by molar-refractivity contribution is -0.136. The van der Waals surface area contributed by atoms with Gasteiger partial charge in [-0.2, -0.15) is 0 Å². The summed E-state index contributed by atoms with van der Waals surface area (Å²) < 4.78 is 0. The summed E-state index contributed by atoms with van der Waals surface area (Å²) in [5, 5.41) is 6.25. The molecule has 1 rings (SSSR count). The summed E-state index contributed by atoms with van der Waals surface area (Å²) in [6.07, 6.45) is 2.38. The minimum Gasteiger partial charge on any atom is -0.352 e. The van der Waals surface area contributed by atoms with Gasteiger partial charge >= 0.3 is 0 Å². The summed E-state index contributed by atoms with van der Waals surface area (Å²) in [7, 11) is 1.96. The lowest BCUT2D eigenvalue weighted by Gasteiger charge is -2.25. The van der Waals surface area contributed by atoms with Gasteiger partial charge in [0.25, 0.3) is 0 Å². The molecule has 6 nitrogen and oxygen atoms in total. The maximum absolute atomic E-state index is 12.3. The van der Waals surface area contributed by atoms with Gasteiger partial charge in [-0.05, 0) is 47.2 Å². The molecule has 21 heavy (non-hydrogen) atoms. The van der Waals surface area contributed by atoms with E-state index in [1.807, 2.05) is 32.7 Å². The number of carbonyl (C=O) groups excluding carboxylic acids is 2. The minimum absolute atomic E-state index is 0.0110. The molecule has 1 aliphatic rings. The molecule has 0 spiro atoms. The lowest BCUT2D eigenvalue weighted by atomic mass is 10.2. The molecule has 1 atom stereocenters. The number of hydrogen-bond acceptors (Lipinski definition) is 4. The van der Waals surface area contributed by atoms with Crippen molar-refractivity contribution in [1.29, 1.82) is 0 Å². The first-order valence-corrected chi connectivity index (χ1v) is 7.91. The van der Waals surface area contributed by atoms with E-state index in [0.29, 0.717) is 19.1 Å². The zero-order valence-electron chi connectivity index (χ0n) is 13.8. The van der Waals surface area contributed by atoms with E-state index < -0.39 is 0 Å². The molecule has 0 bridgehead atoms. The molecule has 0 aromatic heterocycles. The van der Waals surface area contributed by atoms with Gasteiger partial charge in [-0.3, -0.25) is 14.5 Å². The van der Waals surface area contributed by atoms with E-state index in [9.17, 15) is 9.59 Å². The largest absolute Gasteiger partial charge is 0.352 e. The Kier molecular flexibility index (Phi) is 7.67. The summed E-state index contributed by atoms with van der Waals surface area (Å²) in [6, 6.07) is 0.588. The van der Waals surface area contributed by atoms with Gasteiger partial charge in [0.2, 0.25) is 11.8 Å². The Labute approximate surface area is 128 Å². The molecule has 0 saturated carbocycles. The van der Waals surface area contributed by atoms with E-state index in [2.05, 4.69) is 10.6 Å². The third kappa shape index (κ3) is 6.91. The number of nitrogens with zero attached hydrogens (tertiary/aromatic N) is 2. The van der Waals surface area contributed by atoms with Crippen LogP contribution in [0.4, 0.5) is 0 Å². The molecule has 122 valence electrons. The molecular weight excluding hydrogens is 268 g/mol. The van der Waals surface area contributed by atoms with Gasteiger partial charge in [0.1, 0.15) is 0 Å². The highest BCUT2D eigenvalue weighted by molar-refractivity contribution is 5.85. The average Bonchev–Trinajstić information content (AvgIpc) is 2.87. The highest BCUT2D eigenvalue weighted by atomic mass is 16.2. The lowest BCUT2D eigenvalue weighted by Crippen LogP contribution is -2.47. The quantitative estimate of drug-likeness (QED) is 0.664. The Balaban J connectivity index is 2.37. The van der Waals surface area contributed by atoms with E-state index in [1.165, 1.54) is 12.8 Å². The molecule has 2 amide bonds. The van der Waals surface area contributed by atoms with Crippen molar-refractivity contribution in [3.63, 3.8) is 0 Å². The van der Waals surface area contributed by atoms with Crippen molar-refractivity contribution in [3.8, 4) is 0 Å². The van der Waals surface area contributed by atoms with Crippen LogP contribution < -0.4 is 10.6 Å². The molecule has 1 unspecified atom stereocenters. The van der Waals surface area contributed by atoms with E-state index >= 15 is 0 Å². The molecule has 1 saturated heterocycles. The minimum atomic E-state index is -0.0969. The van der Waals surface area contributed by atoms with Crippen LogP contribution in [0.2, 0.25) is 0 Å². The van der Waals surface area contributed by atoms with Crippen molar-refractivity contribution in [1.82, 2.24) is 20.4 Å². The third-order valence-electron chi connectivity index (χ3n) is 3.62. The summed E-state index contributed by atoms with van der Waals surface area (Å²) in [6.45, 7) is 8.74. The first-order chi connectivity index (χ1) is 9.92. The molecule has 0 aromatic rings. The zero-order valence-corrected chi connectivity index (χ0v) is 13.8. The van der Waals surface area contributed by atoms with Gasteiger partial charge in [-0.15, -0.1) is 0 Å². The van der Waals surface area contributed by atoms with Crippen LogP contribution in [-0.4, -0.2) is 73.5 Å². The highest BCUT2D eigenvalue weighted by Gasteiger charge is 2.20. The van der Waals surface area contributed by atoms with Crippen molar-refractivity contribution in [2.75, 3.05) is 39.8 Å². The van der Waals surface area contributed by atoms with Crippen molar-refractivity contribution in [2.24, 2.45) is 0 Å². The van der Waals surface area contributed by atoms with Crippen LogP contribution in [0, 0.1) is 0 Å². The van der Waals surface area contributed by atoms with Crippen LogP contribution in [0.25, 0.3) is 0 Å². The van der Waals surface area contributed by atoms with Gasteiger partial charge in [-0.25, -0.2) is 0 Å². The van der Waals surface area contributed by atoms with Gasteiger partial charge in [-0.1, -0.05) is 0 Å². The summed E-state index contributed by atoms with van der Waals surface area (Å²) in [5.41, 5.74) is 0. The topological polar surface area (TPSA) is 64.7 Å². The van der Waals surface area contributed by atoms with Crippen LogP contribution in [0.5, 0.6) is 0 Å². The molecule has 1 heterocycles. The van der Waals surface area contributed by atoms with E-state index in [0.717, 1.165) is 13.1 Å². The number of carbonyl (C=O) groups is 2. The summed E-state index contributed by atoms with van der Waals surface area (Å²) >= 11 is 0. The SMILES string of the molecule is CCN(CC(=O)NC(C)C)C(=O)CN(C)CC1CCCN1. The van der Waals surface area contributed by atoms with Crippen LogP contribution in [-0.2, 0) is 9.59 Å². The number of nitrogens with one attached hydrogen (secondary N) is 2. The Bertz CT molecular complexity index is 341. The fourth-order valence-corrected chi connectivity index (χ4v) is 2.60. The maximum atomic E-state index is 12.3. The molecule has 0 aromatic carbocycles. The van der Waals surface area contributed by atoms with Crippen molar-refractivity contribution in [3.05, 3.63) is 0 Å². The van der Waals surface area contributed by atoms with Gasteiger partial charge < -0.3 is 15.5 Å². The van der Waals surface area contributed by atoms with Crippen molar-refractivity contribution < 1.29 is 9.59 Å². The fraction of sp³-hybridized carbons (Fsp3) is 0.867. The second-order valence-electron chi connectivity index (χ2n) is 6.12. The Morgan fingerprint density at radius 2 is 2.05 bits per heavy atom. The fourth-order valence-electron chi connectivity index (χ4n) is 2.60. The normalized spacial score (nSPS) is 18.3. The van der Waals surface area contributed by atoms with Crippen molar-refractivity contribution in [2.45, 2.75) is 45.7 Å². The van der Waals surface area contributed by atoms with Crippen LogP contribution >= 0.6 is 0 Å². The first-order valence-electron chi connectivity index (χ1n) is 7.91. The van der Waals surface area contributed by atoms with E-state index in [-0.39, 0.29) is 24.4 Å². The average molecular weight is 298 g/mol. The maximum Gasteiger partial charge on any atom is 0.239 e. The predicted octanol–water partition coefficient (Wildman–Crippen LogP) is 0.0433. The number of likely N-dealkylation sites (N-methyl/N-ethyl adjacent to an activating group) is 2.